The molecule has 0 radical (unpaired) electrons. The molecule has 1 heterocycles. The molecule has 2 rings (SSSR count). The van der Waals surface area contributed by atoms with Crippen LogP contribution in [-0.2, 0) is 6.42 Å². The van der Waals surface area contributed by atoms with Crippen LogP contribution >= 0.6 is 15.9 Å². The highest BCUT2D eigenvalue weighted by Crippen LogP contribution is 2.37. The highest BCUT2D eigenvalue weighted by Gasteiger charge is 2.28. The molecule has 1 aliphatic carbocycles. The molecule has 0 saturated heterocycles. The smallest absolute Gasteiger partial charge is 0.0627 e. The third kappa shape index (κ3) is 3.87. The summed E-state index contributed by atoms with van der Waals surface area (Å²) in [6, 6.07) is 2.80. The normalized spacial score (nSPS) is 27.1. The molecule has 3 heteroatoms. The van der Waals surface area contributed by atoms with Gasteiger partial charge in [0.25, 0.3) is 0 Å². The van der Waals surface area contributed by atoms with Crippen LogP contribution in [0, 0.1) is 11.8 Å². The molecule has 0 aromatic carbocycles. The fourth-order valence-electron chi connectivity index (χ4n) is 3.53. The van der Waals surface area contributed by atoms with Crippen LogP contribution in [0.3, 0.4) is 0 Å². The molecule has 1 saturated carbocycles. The first-order chi connectivity index (χ1) is 9.67. The molecule has 0 amide bonds. The summed E-state index contributed by atoms with van der Waals surface area (Å²) in [7, 11) is 0. The molecule has 3 atom stereocenters. The van der Waals surface area contributed by atoms with Gasteiger partial charge < -0.3 is 0 Å². The van der Waals surface area contributed by atoms with Gasteiger partial charge in [-0.25, -0.2) is 0 Å². The Morgan fingerprint density at radius 3 is 2.70 bits per heavy atom. The van der Waals surface area contributed by atoms with Crippen LogP contribution in [0.1, 0.15) is 71.0 Å². The second-order valence-electron chi connectivity index (χ2n) is 6.32. The Hall–Kier alpha value is -0.310. The predicted octanol–water partition coefficient (Wildman–Crippen LogP) is 5.38. The average molecular weight is 341 g/mol. The van der Waals surface area contributed by atoms with E-state index in [1.54, 1.807) is 0 Å². The standard InChI is InChI=1S/C17H29BrN2/c1-4-13-7-8-17(18)14(11-13)12-15-9-10-20(19-15)16(5-2)6-3/h9-10,13-14,16-17H,4-8,11-12H2,1-3H3. The second kappa shape index (κ2) is 7.63. The molecule has 114 valence electrons. The van der Waals surface area contributed by atoms with E-state index in [0.29, 0.717) is 10.9 Å². The third-order valence-electron chi connectivity index (χ3n) is 5.03. The van der Waals surface area contributed by atoms with Gasteiger partial charge in [0.2, 0.25) is 0 Å². The lowest BCUT2D eigenvalue weighted by atomic mass is 9.78. The van der Waals surface area contributed by atoms with Crippen molar-refractivity contribution < 1.29 is 0 Å². The Labute approximate surface area is 132 Å². The maximum Gasteiger partial charge on any atom is 0.0627 e. The van der Waals surface area contributed by atoms with E-state index in [2.05, 4.69) is 53.6 Å². The predicted molar refractivity (Wildman–Crippen MR) is 89.4 cm³/mol. The highest BCUT2D eigenvalue weighted by molar-refractivity contribution is 9.09. The number of rotatable bonds is 6. The first-order valence-corrected chi connectivity index (χ1v) is 9.27. The molecule has 3 unspecified atom stereocenters. The number of hydrogen-bond donors (Lipinski definition) is 0. The molecule has 0 spiro atoms. The van der Waals surface area contributed by atoms with Crippen molar-refractivity contribution in [1.82, 2.24) is 9.78 Å². The molecular weight excluding hydrogens is 312 g/mol. The first-order valence-electron chi connectivity index (χ1n) is 8.35. The van der Waals surface area contributed by atoms with E-state index >= 15 is 0 Å². The van der Waals surface area contributed by atoms with Crippen molar-refractivity contribution in [3.8, 4) is 0 Å². The topological polar surface area (TPSA) is 17.8 Å². The summed E-state index contributed by atoms with van der Waals surface area (Å²) in [6.45, 7) is 6.83. The van der Waals surface area contributed by atoms with Gasteiger partial charge in [-0.1, -0.05) is 43.1 Å². The van der Waals surface area contributed by atoms with Gasteiger partial charge in [0.15, 0.2) is 0 Å². The number of halogens is 1. The van der Waals surface area contributed by atoms with Gasteiger partial charge in [-0.05, 0) is 56.4 Å². The largest absolute Gasteiger partial charge is 0.269 e. The molecule has 1 fully saturated rings. The average Bonchev–Trinajstić information content (AvgIpc) is 2.91. The fourth-order valence-corrected chi connectivity index (χ4v) is 4.19. The molecule has 2 nitrogen and oxygen atoms in total. The summed E-state index contributed by atoms with van der Waals surface area (Å²) in [6.07, 6.45) is 11.1. The summed E-state index contributed by atoms with van der Waals surface area (Å²) >= 11 is 3.90. The van der Waals surface area contributed by atoms with Gasteiger partial charge in [0, 0.05) is 11.0 Å². The van der Waals surface area contributed by atoms with Crippen LogP contribution in [0.2, 0.25) is 0 Å². The molecule has 1 aromatic rings. The minimum atomic E-state index is 0.568. The molecule has 0 aliphatic heterocycles. The van der Waals surface area contributed by atoms with E-state index in [4.69, 9.17) is 5.10 Å². The van der Waals surface area contributed by atoms with Crippen LogP contribution in [0.4, 0.5) is 0 Å². The number of alkyl halides is 1. The van der Waals surface area contributed by atoms with Crippen LogP contribution < -0.4 is 0 Å². The second-order valence-corrected chi connectivity index (χ2v) is 7.50. The monoisotopic (exact) mass is 340 g/mol. The summed E-state index contributed by atoms with van der Waals surface area (Å²) in [5.41, 5.74) is 1.28. The Morgan fingerprint density at radius 2 is 2.05 bits per heavy atom. The van der Waals surface area contributed by atoms with E-state index in [9.17, 15) is 0 Å². The molecule has 0 bridgehead atoms. The number of hydrogen-bond acceptors (Lipinski definition) is 1. The molecule has 1 aromatic heterocycles. The lowest BCUT2D eigenvalue weighted by molar-refractivity contribution is 0.269. The Balaban J connectivity index is 1.98. The van der Waals surface area contributed by atoms with Gasteiger partial charge in [-0.15, -0.1) is 0 Å². The van der Waals surface area contributed by atoms with Gasteiger partial charge in [-0.3, -0.25) is 4.68 Å². The van der Waals surface area contributed by atoms with Crippen LogP contribution in [-0.4, -0.2) is 14.6 Å². The summed E-state index contributed by atoms with van der Waals surface area (Å²) in [5.74, 6) is 1.69. The Kier molecular flexibility index (Phi) is 6.13. The van der Waals surface area contributed by atoms with Crippen molar-refractivity contribution in [3.05, 3.63) is 18.0 Å². The maximum atomic E-state index is 4.83. The van der Waals surface area contributed by atoms with Crippen molar-refractivity contribution in [2.45, 2.75) is 76.6 Å². The zero-order valence-electron chi connectivity index (χ0n) is 13.2. The lowest BCUT2D eigenvalue weighted by Gasteiger charge is -2.32. The Morgan fingerprint density at radius 1 is 1.30 bits per heavy atom. The van der Waals surface area contributed by atoms with E-state index in [1.807, 2.05) is 0 Å². The molecule has 0 N–H and O–H groups in total. The quantitative estimate of drug-likeness (QED) is 0.636. The van der Waals surface area contributed by atoms with E-state index in [1.165, 1.54) is 44.2 Å². The van der Waals surface area contributed by atoms with Crippen molar-refractivity contribution >= 4 is 15.9 Å². The van der Waals surface area contributed by atoms with Crippen LogP contribution in [0.5, 0.6) is 0 Å². The minimum absolute atomic E-state index is 0.568. The van der Waals surface area contributed by atoms with Crippen molar-refractivity contribution in [2.75, 3.05) is 0 Å². The minimum Gasteiger partial charge on any atom is -0.269 e. The Bertz CT molecular complexity index is 397. The van der Waals surface area contributed by atoms with Gasteiger partial charge in [0.1, 0.15) is 0 Å². The van der Waals surface area contributed by atoms with Gasteiger partial charge >= 0.3 is 0 Å². The third-order valence-corrected chi connectivity index (χ3v) is 6.23. The molecule has 1 aliphatic rings. The van der Waals surface area contributed by atoms with Crippen LogP contribution in [0.15, 0.2) is 12.3 Å². The summed E-state index contributed by atoms with van der Waals surface area (Å²) in [5, 5.41) is 4.83. The fraction of sp³-hybridized carbons (Fsp3) is 0.824. The molecule has 20 heavy (non-hydrogen) atoms. The number of nitrogens with zero attached hydrogens (tertiary/aromatic N) is 2. The van der Waals surface area contributed by atoms with E-state index < -0.39 is 0 Å². The van der Waals surface area contributed by atoms with Crippen molar-refractivity contribution in [3.63, 3.8) is 0 Å². The number of aromatic nitrogens is 2. The van der Waals surface area contributed by atoms with Gasteiger partial charge in [-0.2, -0.15) is 5.10 Å². The molecular formula is C17H29BrN2. The van der Waals surface area contributed by atoms with Gasteiger partial charge in [0.05, 0.1) is 11.7 Å². The lowest BCUT2D eigenvalue weighted by Crippen LogP contribution is -2.26. The summed E-state index contributed by atoms with van der Waals surface area (Å²) < 4.78 is 2.18. The maximum absolute atomic E-state index is 4.83. The summed E-state index contributed by atoms with van der Waals surface area (Å²) in [4.78, 5) is 0.684. The van der Waals surface area contributed by atoms with E-state index in [0.717, 1.165) is 18.3 Å². The first kappa shape index (κ1) is 16.1. The van der Waals surface area contributed by atoms with Crippen molar-refractivity contribution in [2.24, 2.45) is 11.8 Å². The SMILES string of the molecule is CCC1CCC(Br)C(Cc2ccn(C(CC)CC)n2)C1. The zero-order chi connectivity index (χ0) is 14.5. The zero-order valence-corrected chi connectivity index (χ0v) is 14.8. The highest BCUT2D eigenvalue weighted by atomic mass is 79.9. The van der Waals surface area contributed by atoms with E-state index in [-0.39, 0.29) is 0 Å². The van der Waals surface area contributed by atoms with Crippen LogP contribution in [0.25, 0.3) is 0 Å². The van der Waals surface area contributed by atoms with Crippen molar-refractivity contribution in [1.29, 1.82) is 0 Å².